The van der Waals surface area contributed by atoms with Gasteiger partial charge >= 0.3 is 17.6 Å². The van der Waals surface area contributed by atoms with Crippen LogP contribution in [0.4, 0.5) is 5.82 Å². The molecule has 0 aromatic carbocycles. The average molecular weight is 339 g/mol. The van der Waals surface area contributed by atoms with Gasteiger partial charge in [-0.1, -0.05) is 13.8 Å². The summed E-state index contributed by atoms with van der Waals surface area (Å²) in [5.74, 6) is -0.591. The highest BCUT2D eigenvalue weighted by Gasteiger charge is 2.28. The fourth-order valence-corrected chi connectivity index (χ4v) is 2.17. The highest BCUT2D eigenvalue weighted by molar-refractivity contribution is 5.69. The Kier molecular flexibility index (Phi) is 6.30. The van der Waals surface area contributed by atoms with Gasteiger partial charge in [-0.25, -0.2) is 15.1 Å². The third kappa shape index (κ3) is 4.79. The lowest BCUT2D eigenvalue weighted by Crippen LogP contribution is -2.28. The van der Waals surface area contributed by atoms with E-state index in [1.807, 2.05) is 0 Å². The van der Waals surface area contributed by atoms with Crippen LogP contribution in [0.3, 0.4) is 0 Å². The Morgan fingerprint density at radius 3 is 2.75 bits per heavy atom. The lowest BCUT2D eigenvalue weighted by molar-refractivity contribution is -0.148. The number of hydrogen-bond acceptors (Lipinski definition) is 8. The van der Waals surface area contributed by atoms with Gasteiger partial charge < -0.3 is 14.3 Å². The number of ether oxygens (including phenoxy) is 2. The largest absolute Gasteiger partial charge is 0.463 e. The first-order valence-electron chi connectivity index (χ1n) is 7.89. The second kappa shape index (κ2) is 8.44. The number of esters is 1. The van der Waals surface area contributed by atoms with Crippen molar-refractivity contribution >= 4 is 17.8 Å². The summed E-state index contributed by atoms with van der Waals surface area (Å²) >= 11 is 0. The van der Waals surface area contributed by atoms with Crippen molar-refractivity contribution in [2.45, 2.75) is 51.9 Å². The summed E-state index contributed by atoms with van der Waals surface area (Å²) in [4.78, 5) is 42.8. The zero-order valence-electron chi connectivity index (χ0n) is 13.7. The van der Waals surface area contributed by atoms with Crippen molar-refractivity contribution in [3.05, 3.63) is 22.7 Å². The maximum Gasteiger partial charge on any atom is 0.351 e. The van der Waals surface area contributed by atoms with Gasteiger partial charge in [-0.2, -0.15) is 4.98 Å². The maximum atomic E-state index is 12.1. The average Bonchev–Trinajstić information content (AvgIpc) is 3.06. The molecule has 2 heterocycles. The fraction of sp³-hybridized carbons (Fsp3) is 0.600. The Morgan fingerprint density at radius 1 is 1.33 bits per heavy atom. The Hall–Kier alpha value is -2.42. The van der Waals surface area contributed by atoms with Gasteiger partial charge in [0.15, 0.2) is 5.82 Å². The van der Waals surface area contributed by atoms with Crippen LogP contribution in [0.1, 0.15) is 45.8 Å². The van der Waals surface area contributed by atoms with Gasteiger partial charge in [-0.3, -0.25) is 9.36 Å². The molecule has 2 rings (SSSR count). The van der Waals surface area contributed by atoms with Gasteiger partial charge in [-0.15, -0.1) is 0 Å². The van der Waals surface area contributed by atoms with Crippen molar-refractivity contribution in [2.24, 2.45) is 0 Å². The molecule has 0 spiro atoms. The van der Waals surface area contributed by atoms with Crippen LogP contribution in [0.5, 0.6) is 0 Å². The van der Waals surface area contributed by atoms with E-state index in [-0.39, 0.29) is 30.9 Å². The molecule has 0 unspecified atom stereocenters. The minimum Gasteiger partial charge on any atom is -0.463 e. The summed E-state index contributed by atoms with van der Waals surface area (Å²) in [6.07, 6.45) is 2.65. The number of nitrogens with one attached hydrogen (secondary N) is 1. The van der Waals surface area contributed by atoms with Crippen LogP contribution in [0.15, 0.2) is 17.1 Å². The monoisotopic (exact) mass is 339 g/mol. The summed E-state index contributed by atoms with van der Waals surface area (Å²) in [7, 11) is 0. The molecule has 1 aliphatic rings. The molecule has 1 aromatic rings. The van der Waals surface area contributed by atoms with E-state index in [4.69, 9.17) is 14.3 Å². The minimum atomic E-state index is -0.524. The van der Waals surface area contributed by atoms with Crippen molar-refractivity contribution in [2.75, 3.05) is 12.1 Å². The SMILES string of the molecule is CCC(=O)OC[C@@H]1CC[C@H](n2ccc(NOC(=O)CC)nc2=O)O1. The number of aromatic nitrogens is 2. The molecule has 1 aromatic heterocycles. The highest BCUT2D eigenvalue weighted by atomic mass is 16.7. The second-order valence-electron chi connectivity index (χ2n) is 5.26. The predicted molar refractivity (Wildman–Crippen MR) is 82.9 cm³/mol. The van der Waals surface area contributed by atoms with Gasteiger partial charge in [0.1, 0.15) is 12.8 Å². The van der Waals surface area contributed by atoms with E-state index in [0.717, 1.165) is 0 Å². The third-order valence-corrected chi connectivity index (χ3v) is 3.50. The molecule has 24 heavy (non-hydrogen) atoms. The van der Waals surface area contributed by atoms with Gasteiger partial charge in [0.05, 0.1) is 6.10 Å². The Balaban J connectivity index is 1.92. The van der Waals surface area contributed by atoms with E-state index < -0.39 is 17.9 Å². The molecule has 9 heteroatoms. The molecule has 2 atom stereocenters. The number of anilines is 1. The quantitative estimate of drug-likeness (QED) is 0.582. The van der Waals surface area contributed by atoms with Crippen molar-refractivity contribution < 1.29 is 23.9 Å². The molecule has 0 radical (unpaired) electrons. The molecule has 1 fully saturated rings. The summed E-state index contributed by atoms with van der Waals surface area (Å²) in [5.41, 5.74) is 1.81. The standard InChI is InChI=1S/C15H21N3O6/c1-3-13(19)22-9-10-5-6-12(23-10)18-8-7-11(16-15(18)21)17-24-14(20)4-2/h7-8,10,12H,3-6,9H2,1-2H3,(H,16,17,21)/t10-,12+/m0/s1. The molecule has 1 aliphatic heterocycles. The lowest BCUT2D eigenvalue weighted by atomic mass is 10.2. The van der Waals surface area contributed by atoms with Crippen LogP contribution in [-0.4, -0.2) is 34.2 Å². The lowest BCUT2D eigenvalue weighted by Gasteiger charge is -2.16. The third-order valence-electron chi connectivity index (χ3n) is 3.50. The summed E-state index contributed by atoms with van der Waals surface area (Å²) < 4.78 is 12.1. The predicted octanol–water partition coefficient (Wildman–Crippen LogP) is 1.15. The van der Waals surface area contributed by atoms with Crippen molar-refractivity contribution in [1.29, 1.82) is 0 Å². The van der Waals surface area contributed by atoms with E-state index in [2.05, 4.69) is 10.5 Å². The molecule has 0 aliphatic carbocycles. The number of carbonyl (C=O) groups excluding carboxylic acids is 2. The van der Waals surface area contributed by atoms with Crippen LogP contribution in [0.2, 0.25) is 0 Å². The Labute approximate surface area is 138 Å². The van der Waals surface area contributed by atoms with Crippen LogP contribution < -0.4 is 11.2 Å². The van der Waals surface area contributed by atoms with Crippen molar-refractivity contribution in [1.82, 2.24) is 9.55 Å². The molecule has 1 saturated heterocycles. The Bertz CT molecular complexity index is 644. The first-order chi connectivity index (χ1) is 11.5. The van der Waals surface area contributed by atoms with E-state index in [9.17, 15) is 14.4 Å². The van der Waals surface area contributed by atoms with Gasteiger partial charge in [-0.05, 0) is 12.8 Å². The number of carbonyl (C=O) groups is 2. The minimum absolute atomic E-state index is 0.143. The zero-order valence-corrected chi connectivity index (χ0v) is 13.7. The maximum absolute atomic E-state index is 12.1. The zero-order chi connectivity index (χ0) is 17.5. The van der Waals surface area contributed by atoms with Gasteiger partial charge in [0.25, 0.3) is 0 Å². The summed E-state index contributed by atoms with van der Waals surface area (Å²) in [6, 6.07) is 1.51. The molecule has 1 N–H and O–H groups in total. The first kappa shape index (κ1) is 17.9. The fourth-order valence-electron chi connectivity index (χ4n) is 2.17. The molecule has 9 nitrogen and oxygen atoms in total. The Morgan fingerprint density at radius 2 is 2.08 bits per heavy atom. The molecule has 132 valence electrons. The number of hydrogen-bond donors (Lipinski definition) is 1. The highest BCUT2D eigenvalue weighted by Crippen LogP contribution is 2.27. The van der Waals surface area contributed by atoms with Crippen molar-refractivity contribution in [3.8, 4) is 0 Å². The van der Waals surface area contributed by atoms with E-state index in [1.54, 1.807) is 13.8 Å². The molecule has 0 bridgehead atoms. The van der Waals surface area contributed by atoms with Crippen LogP contribution in [-0.2, 0) is 23.9 Å². The molecule has 0 amide bonds. The van der Waals surface area contributed by atoms with Crippen LogP contribution in [0, 0.1) is 0 Å². The van der Waals surface area contributed by atoms with Crippen LogP contribution in [0.25, 0.3) is 0 Å². The number of nitrogens with zero attached hydrogens (tertiary/aromatic N) is 2. The van der Waals surface area contributed by atoms with Gasteiger partial charge in [0.2, 0.25) is 0 Å². The van der Waals surface area contributed by atoms with E-state index in [0.29, 0.717) is 19.3 Å². The number of rotatable bonds is 7. The van der Waals surface area contributed by atoms with E-state index >= 15 is 0 Å². The van der Waals surface area contributed by atoms with Crippen LogP contribution >= 0.6 is 0 Å². The summed E-state index contributed by atoms with van der Waals surface area (Å²) in [5, 5.41) is 0. The first-order valence-corrected chi connectivity index (χ1v) is 7.89. The molecule has 0 saturated carbocycles. The smallest absolute Gasteiger partial charge is 0.351 e. The van der Waals surface area contributed by atoms with Gasteiger partial charge in [0, 0.05) is 25.1 Å². The normalized spacial score (nSPS) is 19.8. The molecular formula is C15H21N3O6. The summed E-state index contributed by atoms with van der Waals surface area (Å²) in [6.45, 7) is 3.55. The second-order valence-corrected chi connectivity index (χ2v) is 5.26. The van der Waals surface area contributed by atoms with Crippen molar-refractivity contribution in [3.63, 3.8) is 0 Å². The molecular weight excluding hydrogens is 318 g/mol. The topological polar surface area (TPSA) is 109 Å². The van der Waals surface area contributed by atoms with E-state index in [1.165, 1.54) is 16.8 Å².